The zero-order chi connectivity index (χ0) is 37.8. The molecule has 2 aromatic carbocycles. The Bertz CT molecular complexity index is 1490. The molecule has 286 valence electrons. The van der Waals surface area contributed by atoms with E-state index in [9.17, 15) is 18.9 Å². The number of carbonyl (C=O) groups excluding carboxylic acids is 3. The SMILES string of the molecule is CC(OC(C(=O)OC1CC2CCC(C1)[N+]21CCCC1)(c1ccccc1)c1ccccc1)OP(=O)(OCOC(=O)C(C)(C)C)OCOC(=O)C(C)(C)C. The van der Waals surface area contributed by atoms with Crippen LogP contribution < -0.4 is 0 Å². The Morgan fingerprint density at radius 3 is 1.60 bits per heavy atom. The number of hydrogen-bond acceptors (Lipinski definition) is 11. The van der Waals surface area contributed by atoms with Crippen molar-refractivity contribution in [1.82, 2.24) is 0 Å². The van der Waals surface area contributed by atoms with Crippen LogP contribution in [-0.4, -0.2) is 73.5 Å². The number of quaternary nitrogens is 1. The van der Waals surface area contributed by atoms with Crippen molar-refractivity contribution >= 4 is 25.7 Å². The molecule has 2 bridgehead atoms. The van der Waals surface area contributed by atoms with E-state index in [-0.39, 0.29) is 6.10 Å². The van der Waals surface area contributed by atoms with Crippen LogP contribution in [0.3, 0.4) is 0 Å². The molecule has 3 aliphatic heterocycles. The molecule has 0 saturated carbocycles. The maximum Gasteiger partial charge on any atom is 0.482 e. The van der Waals surface area contributed by atoms with Crippen molar-refractivity contribution in [2.24, 2.45) is 10.8 Å². The lowest BCUT2D eigenvalue weighted by atomic mass is 9.85. The summed E-state index contributed by atoms with van der Waals surface area (Å²) in [5.74, 6) is -1.87. The third-order valence-corrected chi connectivity index (χ3v) is 11.7. The summed E-state index contributed by atoms with van der Waals surface area (Å²) >= 11 is 0. The van der Waals surface area contributed by atoms with Gasteiger partial charge in [-0.2, -0.15) is 0 Å². The molecule has 0 radical (unpaired) electrons. The van der Waals surface area contributed by atoms with Crippen LogP contribution in [-0.2, 0) is 57.1 Å². The maximum absolute atomic E-state index is 14.8. The number of carbonyl (C=O) groups is 3. The van der Waals surface area contributed by atoms with Crippen molar-refractivity contribution in [3.63, 3.8) is 0 Å². The van der Waals surface area contributed by atoms with E-state index in [1.807, 2.05) is 12.1 Å². The second-order valence-electron chi connectivity index (χ2n) is 16.1. The van der Waals surface area contributed by atoms with Gasteiger partial charge < -0.3 is 23.4 Å². The molecule has 5 rings (SSSR count). The first kappa shape index (κ1) is 40.1. The smallest absolute Gasteiger partial charge is 0.459 e. The number of hydrogen-bond donors (Lipinski definition) is 0. The number of esters is 3. The predicted octanol–water partition coefficient (Wildman–Crippen LogP) is 7.39. The predicted molar refractivity (Wildman–Crippen MR) is 191 cm³/mol. The third-order valence-electron chi connectivity index (χ3n) is 10.3. The minimum atomic E-state index is -4.68. The Balaban J connectivity index is 1.41. The van der Waals surface area contributed by atoms with Gasteiger partial charge in [-0.15, -0.1) is 0 Å². The summed E-state index contributed by atoms with van der Waals surface area (Å²) in [6.07, 6.45) is 4.57. The molecule has 0 aliphatic carbocycles. The van der Waals surface area contributed by atoms with Gasteiger partial charge in [0.25, 0.3) is 0 Å². The summed E-state index contributed by atoms with van der Waals surface area (Å²) in [6, 6.07) is 18.8. The molecule has 3 heterocycles. The Morgan fingerprint density at radius 1 is 0.731 bits per heavy atom. The first-order valence-electron chi connectivity index (χ1n) is 18.3. The van der Waals surface area contributed by atoms with Crippen molar-refractivity contribution in [2.45, 2.75) is 117 Å². The van der Waals surface area contributed by atoms with E-state index in [1.54, 1.807) is 90.1 Å². The molecule has 2 aromatic rings. The number of phosphoric acid groups is 1. The molecule has 0 aromatic heterocycles. The average Bonchev–Trinajstić information content (AvgIpc) is 3.63. The topological polar surface area (TPSA) is 133 Å². The summed E-state index contributed by atoms with van der Waals surface area (Å²) in [4.78, 5) is 39.7. The van der Waals surface area contributed by atoms with Crippen LogP contribution in [0.25, 0.3) is 0 Å². The second kappa shape index (κ2) is 16.1. The number of nitrogens with zero attached hydrogens (tertiary/aromatic N) is 1. The summed E-state index contributed by atoms with van der Waals surface area (Å²) in [5, 5.41) is 0. The van der Waals surface area contributed by atoms with Crippen LogP contribution in [0.4, 0.5) is 0 Å². The molecule has 3 unspecified atom stereocenters. The van der Waals surface area contributed by atoms with E-state index in [4.69, 9.17) is 32.5 Å². The molecule has 3 saturated heterocycles. The molecular formula is C39H55NO11P+. The fourth-order valence-corrected chi connectivity index (χ4v) is 8.71. The van der Waals surface area contributed by atoms with E-state index in [2.05, 4.69) is 0 Å². The number of phosphoric ester groups is 1. The van der Waals surface area contributed by atoms with Gasteiger partial charge in [0.1, 0.15) is 6.10 Å². The molecule has 52 heavy (non-hydrogen) atoms. The highest BCUT2D eigenvalue weighted by Crippen LogP contribution is 2.52. The molecule has 0 N–H and O–H groups in total. The van der Waals surface area contributed by atoms with Gasteiger partial charge in [0.2, 0.25) is 19.2 Å². The summed E-state index contributed by atoms with van der Waals surface area (Å²) in [7, 11) is -4.68. The van der Waals surface area contributed by atoms with Crippen molar-refractivity contribution in [3.05, 3.63) is 71.8 Å². The largest absolute Gasteiger partial charge is 0.482 e. The van der Waals surface area contributed by atoms with Crippen LogP contribution in [0.5, 0.6) is 0 Å². The number of benzene rings is 2. The number of rotatable bonds is 14. The fraction of sp³-hybridized carbons (Fsp3) is 0.615. The molecule has 13 heteroatoms. The lowest BCUT2D eigenvalue weighted by molar-refractivity contribution is -0.956. The molecule has 1 spiro atoms. The van der Waals surface area contributed by atoms with Crippen LogP contribution >= 0.6 is 7.82 Å². The Hall–Kier alpha value is -3.12. The molecular weight excluding hydrogens is 689 g/mol. The zero-order valence-corrected chi connectivity index (χ0v) is 32.4. The summed E-state index contributed by atoms with van der Waals surface area (Å²) in [5.41, 5.74) is -2.65. The monoisotopic (exact) mass is 744 g/mol. The maximum atomic E-state index is 14.8. The van der Waals surface area contributed by atoms with Gasteiger partial charge in [-0.1, -0.05) is 60.7 Å². The van der Waals surface area contributed by atoms with Crippen molar-refractivity contribution < 1.29 is 56.0 Å². The van der Waals surface area contributed by atoms with Gasteiger partial charge in [0.15, 0.2) is 6.29 Å². The Labute approximate surface area is 307 Å². The Morgan fingerprint density at radius 2 is 1.17 bits per heavy atom. The minimum Gasteiger partial charge on any atom is -0.459 e. The third kappa shape index (κ3) is 8.97. The normalized spacial score (nSPS) is 22.2. The second-order valence-corrected chi connectivity index (χ2v) is 17.8. The lowest BCUT2D eigenvalue weighted by Crippen LogP contribution is -2.60. The molecule has 3 fully saturated rings. The van der Waals surface area contributed by atoms with Crippen molar-refractivity contribution in [3.8, 4) is 0 Å². The average molecular weight is 745 g/mol. The van der Waals surface area contributed by atoms with Crippen LogP contribution in [0, 0.1) is 10.8 Å². The highest BCUT2D eigenvalue weighted by Gasteiger charge is 2.57. The van der Waals surface area contributed by atoms with Crippen LogP contribution in [0.15, 0.2) is 60.7 Å². The van der Waals surface area contributed by atoms with E-state index in [0.29, 0.717) is 23.2 Å². The number of ether oxygens (including phenoxy) is 4. The van der Waals surface area contributed by atoms with E-state index in [0.717, 1.165) is 30.2 Å². The highest BCUT2D eigenvalue weighted by molar-refractivity contribution is 7.48. The van der Waals surface area contributed by atoms with E-state index < -0.39 is 62.0 Å². The first-order chi connectivity index (χ1) is 24.5. The number of piperidine rings is 1. The highest BCUT2D eigenvalue weighted by atomic mass is 31.2. The molecule has 3 atom stereocenters. The zero-order valence-electron chi connectivity index (χ0n) is 31.5. The van der Waals surface area contributed by atoms with Crippen molar-refractivity contribution in [1.29, 1.82) is 0 Å². The van der Waals surface area contributed by atoms with Gasteiger partial charge in [-0.25, -0.2) is 18.4 Å². The van der Waals surface area contributed by atoms with E-state index >= 15 is 0 Å². The van der Waals surface area contributed by atoms with Crippen LogP contribution in [0.1, 0.15) is 98.1 Å². The van der Waals surface area contributed by atoms with Gasteiger partial charge in [-0.3, -0.25) is 14.1 Å². The summed E-state index contributed by atoms with van der Waals surface area (Å²) < 4.78 is 55.2. The van der Waals surface area contributed by atoms with Gasteiger partial charge in [0.05, 0.1) is 36.0 Å². The van der Waals surface area contributed by atoms with Gasteiger partial charge in [-0.05, 0) is 59.6 Å². The molecule has 3 aliphatic rings. The van der Waals surface area contributed by atoms with Crippen LogP contribution in [0.2, 0.25) is 0 Å². The fourth-order valence-electron chi connectivity index (χ4n) is 7.75. The van der Waals surface area contributed by atoms with E-state index in [1.165, 1.54) is 32.9 Å². The minimum absolute atomic E-state index is 0.297. The van der Waals surface area contributed by atoms with Gasteiger partial charge >= 0.3 is 25.7 Å². The Kier molecular flexibility index (Phi) is 12.4. The standard InChI is InChI=1S/C39H55NO11P/c1-28(51-52(44,47-26-45-34(41)37(2,3)4)48-27-46-35(42)38(5,6)7)50-39(29-16-10-8-11-17-29,30-18-12-9-13-19-30)36(43)49-33-24-31-20-21-32(25-33)40(31)22-14-15-23-40/h8-13,16-19,28,31-33H,14-15,20-27H2,1-7H3/q+1. The first-order valence-corrected chi connectivity index (χ1v) is 19.7. The summed E-state index contributed by atoms with van der Waals surface area (Å²) in [6.45, 7) is 12.2. The molecule has 12 nitrogen and oxygen atoms in total. The quantitative estimate of drug-likeness (QED) is 0.0631. The molecule has 0 amide bonds. The van der Waals surface area contributed by atoms with Gasteiger partial charge in [0, 0.05) is 38.5 Å². The van der Waals surface area contributed by atoms with Crippen molar-refractivity contribution in [2.75, 3.05) is 26.7 Å². The lowest BCUT2D eigenvalue weighted by Gasteiger charge is -2.47.